The van der Waals surface area contributed by atoms with Gasteiger partial charge in [-0.1, -0.05) is 0 Å². The van der Waals surface area contributed by atoms with Crippen LogP contribution in [0.25, 0.3) is 10.9 Å². The van der Waals surface area contributed by atoms with E-state index in [-0.39, 0.29) is 5.75 Å². The summed E-state index contributed by atoms with van der Waals surface area (Å²) < 4.78 is 5.14. The summed E-state index contributed by atoms with van der Waals surface area (Å²) in [7, 11) is 1.59. The summed E-state index contributed by atoms with van der Waals surface area (Å²) >= 11 is 3.97. The highest BCUT2D eigenvalue weighted by Crippen LogP contribution is 2.29. The van der Waals surface area contributed by atoms with Gasteiger partial charge in [-0.25, -0.2) is 0 Å². The van der Waals surface area contributed by atoms with Crippen molar-refractivity contribution in [1.29, 1.82) is 0 Å². The van der Waals surface area contributed by atoms with E-state index in [1.54, 1.807) is 13.3 Å². The lowest BCUT2D eigenvalue weighted by molar-refractivity contribution is 0.0347. The summed E-state index contributed by atoms with van der Waals surface area (Å²) in [4.78, 5) is 3.05. The van der Waals surface area contributed by atoms with E-state index in [9.17, 15) is 10.2 Å². The molecule has 4 nitrogen and oxygen atoms in total. The molecule has 0 spiro atoms. The van der Waals surface area contributed by atoms with Gasteiger partial charge in [0.1, 0.15) is 11.9 Å². The predicted octanol–water partition coefficient (Wildman–Crippen LogP) is 1.50. The molecule has 17 heavy (non-hydrogen) atoms. The Kier molecular flexibility index (Phi) is 3.61. The molecule has 0 aliphatic carbocycles. The molecule has 0 radical (unpaired) electrons. The number of aromatic nitrogens is 1. The zero-order chi connectivity index (χ0) is 12.4. The van der Waals surface area contributed by atoms with Crippen LogP contribution in [-0.2, 0) is 0 Å². The summed E-state index contributed by atoms with van der Waals surface area (Å²) in [6.07, 6.45) is -0.140. The SMILES string of the molecule is COc1ccc2[nH]cc(C(O)C(O)CS)c2c1. The number of benzene rings is 1. The maximum atomic E-state index is 9.98. The monoisotopic (exact) mass is 253 g/mol. The second-order valence-electron chi connectivity index (χ2n) is 3.85. The minimum absolute atomic E-state index is 0.206. The van der Waals surface area contributed by atoms with Crippen molar-refractivity contribution in [2.24, 2.45) is 0 Å². The number of rotatable bonds is 4. The molecule has 1 aromatic heterocycles. The van der Waals surface area contributed by atoms with Crippen LogP contribution in [-0.4, -0.2) is 34.2 Å². The van der Waals surface area contributed by atoms with Crippen LogP contribution in [0.15, 0.2) is 24.4 Å². The standard InChI is InChI=1S/C12H15NO3S/c1-16-7-2-3-10-8(4-7)9(5-13-10)12(15)11(14)6-17/h2-5,11-15,17H,6H2,1H3. The second-order valence-corrected chi connectivity index (χ2v) is 4.22. The highest BCUT2D eigenvalue weighted by molar-refractivity contribution is 7.80. The number of hydrogen-bond acceptors (Lipinski definition) is 4. The molecule has 0 saturated heterocycles. The predicted molar refractivity (Wildman–Crippen MR) is 69.7 cm³/mol. The van der Waals surface area contributed by atoms with Gasteiger partial charge in [0.2, 0.25) is 0 Å². The van der Waals surface area contributed by atoms with E-state index in [4.69, 9.17) is 4.74 Å². The Bertz CT molecular complexity index is 511. The third-order valence-electron chi connectivity index (χ3n) is 2.79. The molecule has 2 aromatic rings. The van der Waals surface area contributed by atoms with Crippen LogP contribution in [0.1, 0.15) is 11.7 Å². The number of H-pyrrole nitrogens is 1. The Morgan fingerprint density at radius 3 is 2.82 bits per heavy atom. The summed E-state index contributed by atoms with van der Waals surface area (Å²) in [5, 5.41) is 20.4. The fourth-order valence-electron chi connectivity index (χ4n) is 1.80. The quantitative estimate of drug-likeness (QED) is 0.624. The van der Waals surface area contributed by atoms with Gasteiger partial charge in [-0.05, 0) is 18.2 Å². The van der Waals surface area contributed by atoms with Crippen molar-refractivity contribution in [2.45, 2.75) is 12.2 Å². The summed E-state index contributed by atoms with van der Waals surface area (Å²) in [6, 6.07) is 5.54. The molecule has 1 heterocycles. The highest BCUT2D eigenvalue weighted by Gasteiger charge is 2.20. The number of aliphatic hydroxyl groups excluding tert-OH is 2. The van der Waals surface area contributed by atoms with Gasteiger partial charge in [-0.3, -0.25) is 0 Å². The maximum Gasteiger partial charge on any atom is 0.119 e. The van der Waals surface area contributed by atoms with Gasteiger partial charge < -0.3 is 19.9 Å². The molecule has 0 saturated carbocycles. The number of methoxy groups -OCH3 is 1. The minimum Gasteiger partial charge on any atom is -0.497 e. The normalized spacial score (nSPS) is 14.8. The third kappa shape index (κ3) is 2.26. The molecule has 0 aliphatic heterocycles. The Balaban J connectivity index is 2.47. The van der Waals surface area contributed by atoms with Gasteiger partial charge in [0, 0.05) is 28.4 Å². The lowest BCUT2D eigenvalue weighted by Gasteiger charge is -2.15. The maximum absolute atomic E-state index is 9.98. The minimum atomic E-state index is -0.951. The number of ether oxygens (including phenoxy) is 1. The number of aliphatic hydroxyl groups is 2. The first-order valence-electron chi connectivity index (χ1n) is 5.29. The molecule has 3 N–H and O–H groups in total. The van der Waals surface area contributed by atoms with E-state index >= 15 is 0 Å². The van der Waals surface area contributed by atoms with Crippen molar-refractivity contribution in [1.82, 2.24) is 4.98 Å². The van der Waals surface area contributed by atoms with E-state index in [1.807, 2.05) is 18.2 Å². The first-order valence-corrected chi connectivity index (χ1v) is 5.92. The van der Waals surface area contributed by atoms with Gasteiger partial charge in [-0.15, -0.1) is 0 Å². The Morgan fingerprint density at radius 1 is 1.41 bits per heavy atom. The number of fused-ring (bicyclic) bond motifs is 1. The van der Waals surface area contributed by atoms with Gasteiger partial charge in [0.15, 0.2) is 0 Å². The summed E-state index contributed by atoms with van der Waals surface area (Å²) in [5.41, 5.74) is 1.55. The molecule has 2 unspecified atom stereocenters. The van der Waals surface area contributed by atoms with Gasteiger partial charge >= 0.3 is 0 Å². The van der Waals surface area contributed by atoms with Crippen molar-refractivity contribution < 1.29 is 14.9 Å². The van der Waals surface area contributed by atoms with Crippen LogP contribution < -0.4 is 4.74 Å². The molecule has 1 aromatic carbocycles. The van der Waals surface area contributed by atoms with Crippen LogP contribution in [0.5, 0.6) is 5.75 Å². The highest BCUT2D eigenvalue weighted by atomic mass is 32.1. The topological polar surface area (TPSA) is 65.5 Å². The summed E-state index contributed by atoms with van der Waals surface area (Å²) in [5.74, 6) is 0.920. The van der Waals surface area contributed by atoms with Gasteiger partial charge in [0.25, 0.3) is 0 Å². The lowest BCUT2D eigenvalue weighted by Crippen LogP contribution is -2.19. The van der Waals surface area contributed by atoms with Gasteiger partial charge in [0.05, 0.1) is 13.2 Å². The molecule has 0 aliphatic rings. The first kappa shape index (κ1) is 12.3. The van der Waals surface area contributed by atoms with E-state index in [1.165, 1.54) is 0 Å². The van der Waals surface area contributed by atoms with Crippen LogP contribution in [0.4, 0.5) is 0 Å². The van der Waals surface area contributed by atoms with Crippen molar-refractivity contribution in [3.63, 3.8) is 0 Å². The number of nitrogens with one attached hydrogen (secondary N) is 1. The van der Waals surface area contributed by atoms with Crippen LogP contribution in [0.2, 0.25) is 0 Å². The average molecular weight is 253 g/mol. The fourth-order valence-corrected chi connectivity index (χ4v) is 2.00. The number of thiol groups is 1. The first-order chi connectivity index (χ1) is 8.17. The number of hydrogen-bond donors (Lipinski definition) is 4. The lowest BCUT2D eigenvalue weighted by atomic mass is 10.0. The molecule has 92 valence electrons. The molecule has 0 amide bonds. The van der Waals surface area contributed by atoms with Crippen LogP contribution >= 0.6 is 12.6 Å². The van der Waals surface area contributed by atoms with Gasteiger partial charge in [-0.2, -0.15) is 12.6 Å². The smallest absolute Gasteiger partial charge is 0.119 e. The zero-order valence-corrected chi connectivity index (χ0v) is 10.3. The summed E-state index contributed by atoms with van der Waals surface area (Å²) in [6.45, 7) is 0. The van der Waals surface area contributed by atoms with Crippen molar-refractivity contribution in [2.75, 3.05) is 12.9 Å². The fraction of sp³-hybridized carbons (Fsp3) is 0.333. The van der Waals surface area contributed by atoms with E-state index in [0.29, 0.717) is 11.3 Å². The van der Waals surface area contributed by atoms with Crippen LogP contribution in [0.3, 0.4) is 0 Å². The third-order valence-corrected chi connectivity index (χ3v) is 3.17. The van der Waals surface area contributed by atoms with Crippen molar-refractivity contribution in [3.05, 3.63) is 30.0 Å². The number of aromatic amines is 1. The molecule has 5 heteroatoms. The van der Waals surface area contributed by atoms with Crippen molar-refractivity contribution in [3.8, 4) is 5.75 Å². The molecular formula is C12H15NO3S. The second kappa shape index (κ2) is 5.00. The molecule has 2 rings (SSSR count). The Hall–Kier alpha value is -1.17. The van der Waals surface area contributed by atoms with E-state index in [0.717, 1.165) is 10.9 Å². The molecule has 0 fully saturated rings. The largest absolute Gasteiger partial charge is 0.497 e. The Labute approximate surface area is 105 Å². The average Bonchev–Trinajstić information content (AvgIpc) is 2.79. The molecule has 0 bridgehead atoms. The molecular weight excluding hydrogens is 238 g/mol. The van der Waals surface area contributed by atoms with Crippen LogP contribution in [0, 0.1) is 0 Å². The zero-order valence-electron chi connectivity index (χ0n) is 9.42. The van der Waals surface area contributed by atoms with E-state index in [2.05, 4.69) is 17.6 Å². The van der Waals surface area contributed by atoms with Crippen molar-refractivity contribution >= 4 is 23.5 Å². The van der Waals surface area contributed by atoms with E-state index < -0.39 is 12.2 Å². The Morgan fingerprint density at radius 2 is 2.18 bits per heavy atom. The molecule has 2 atom stereocenters.